The van der Waals surface area contributed by atoms with Gasteiger partial charge in [0.15, 0.2) is 0 Å². The lowest BCUT2D eigenvalue weighted by Crippen LogP contribution is -2.35. The van der Waals surface area contributed by atoms with Crippen LogP contribution in [0.5, 0.6) is 0 Å². The van der Waals surface area contributed by atoms with Gasteiger partial charge in [0, 0.05) is 11.3 Å². The van der Waals surface area contributed by atoms with Crippen LogP contribution < -0.4 is 5.73 Å². The molecule has 72 valence electrons. The lowest BCUT2D eigenvalue weighted by molar-refractivity contribution is 0.585. The van der Waals surface area contributed by atoms with Crippen LogP contribution in [-0.2, 0) is 0 Å². The zero-order valence-corrected chi connectivity index (χ0v) is 9.12. The molecular formula is C10H21NS. The van der Waals surface area contributed by atoms with Crippen LogP contribution in [0.15, 0.2) is 0 Å². The van der Waals surface area contributed by atoms with Gasteiger partial charge in [0.1, 0.15) is 0 Å². The van der Waals surface area contributed by atoms with Crippen molar-refractivity contribution in [3.63, 3.8) is 0 Å². The average Bonchev–Trinajstić information content (AvgIpc) is 2.36. The normalized spacial score (nSPS) is 20.2. The molecule has 12 heavy (non-hydrogen) atoms. The third-order valence-corrected chi connectivity index (χ3v) is 3.96. The molecule has 0 bridgehead atoms. The van der Waals surface area contributed by atoms with Gasteiger partial charge in [-0.1, -0.05) is 12.8 Å². The van der Waals surface area contributed by atoms with Crippen LogP contribution in [0.2, 0.25) is 0 Å². The maximum absolute atomic E-state index is 5.90. The zero-order valence-electron chi connectivity index (χ0n) is 8.31. The molecule has 0 aromatic carbocycles. The minimum Gasteiger partial charge on any atom is -0.325 e. The average molecular weight is 187 g/mol. The molecule has 0 atom stereocenters. The highest BCUT2D eigenvalue weighted by molar-refractivity contribution is 7.99. The van der Waals surface area contributed by atoms with Crippen LogP contribution in [0.1, 0.15) is 39.5 Å². The van der Waals surface area contributed by atoms with Crippen LogP contribution in [0, 0.1) is 5.92 Å². The molecule has 1 fully saturated rings. The molecule has 0 aromatic rings. The number of hydrogen-bond acceptors (Lipinski definition) is 2. The van der Waals surface area contributed by atoms with Crippen LogP contribution in [0.25, 0.3) is 0 Å². The first-order chi connectivity index (χ1) is 5.58. The summed E-state index contributed by atoms with van der Waals surface area (Å²) in [6.45, 7) is 4.21. The Kier molecular flexibility index (Phi) is 3.91. The minimum absolute atomic E-state index is 0.0171. The molecular weight excluding hydrogens is 166 g/mol. The van der Waals surface area contributed by atoms with E-state index in [4.69, 9.17) is 5.73 Å². The van der Waals surface area contributed by atoms with Crippen LogP contribution in [0.4, 0.5) is 0 Å². The molecule has 2 heteroatoms. The van der Waals surface area contributed by atoms with Crippen molar-refractivity contribution in [1.82, 2.24) is 0 Å². The molecule has 0 amide bonds. The summed E-state index contributed by atoms with van der Waals surface area (Å²) >= 11 is 2.03. The summed E-state index contributed by atoms with van der Waals surface area (Å²) in [5, 5.41) is 0. The van der Waals surface area contributed by atoms with Crippen LogP contribution >= 0.6 is 11.8 Å². The molecule has 2 N–H and O–H groups in total. The summed E-state index contributed by atoms with van der Waals surface area (Å²) in [5.74, 6) is 3.43. The van der Waals surface area contributed by atoms with Crippen molar-refractivity contribution in [2.45, 2.75) is 45.1 Å². The van der Waals surface area contributed by atoms with Crippen molar-refractivity contribution in [2.75, 3.05) is 11.5 Å². The van der Waals surface area contributed by atoms with Gasteiger partial charge in [-0.25, -0.2) is 0 Å². The summed E-state index contributed by atoms with van der Waals surface area (Å²) in [4.78, 5) is 0. The van der Waals surface area contributed by atoms with Gasteiger partial charge in [0.05, 0.1) is 0 Å². The third-order valence-electron chi connectivity index (χ3n) is 2.30. The summed E-state index contributed by atoms with van der Waals surface area (Å²) in [5.41, 5.74) is 5.92. The Bertz CT molecular complexity index is 122. The van der Waals surface area contributed by atoms with Gasteiger partial charge < -0.3 is 5.73 Å². The van der Waals surface area contributed by atoms with Crippen molar-refractivity contribution in [1.29, 1.82) is 0 Å². The fraction of sp³-hybridized carbons (Fsp3) is 1.00. The Morgan fingerprint density at radius 2 is 1.92 bits per heavy atom. The Balaban J connectivity index is 2.02. The second kappa shape index (κ2) is 4.52. The standard InChI is InChI=1S/C10H21NS/c1-10(2,11)8-12-7-9-5-3-4-6-9/h9H,3-8,11H2,1-2H3. The predicted molar refractivity (Wildman–Crippen MR) is 57.5 cm³/mol. The molecule has 1 nitrogen and oxygen atoms in total. The quantitative estimate of drug-likeness (QED) is 0.732. The topological polar surface area (TPSA) is 26.0 Å². The zero-order chi connectivity index (χ0) is 9.03. The Hall–Kier alpha value is 0.310. The van der Waals surface area contributed by atoms with Gasteiger partial charge >= 0.3 is 0 Å². The maximum atomic E-state index is 5.90. The van der Waals surface area contributed by atoms with Gasteiger partial charge in [0.25, 0.3) is 0 Å². The Labute approximate surface area is 80.5 Å². The number of rotatable bonds is 4. The number of nitrogens with two attached hydrogens (primary N) is 1. The van der Waals surface area contributed by atoms with E-state index in [1.807, 2.05) is 11.8 Å². The first kappa shape index (κ1) is 10.4. The fourth-order valence-electron chi connectivity index (χ4n) is 1.67. The molecule has 0 spiro atoms. The van der Waals surface area contributed by atoms with Gasteiger partial charge in [0.2, 0.25) is 0 Å². The van der Waals surface area contributed by atoms with E-state index >= 15 is 0 Å². The fourth-order valence-corrected chi connectivity index (χ4v) is 2.98. The van der Waals surface area contributed by atoms with Gasteiger partial charge in [-0.15, -0.1) is 0 Å². The van der Waals surface area contributed by atoms with Crippen LogP contribution in [0.3, 0.4) is 0 Å². The summed E-state index contributed by atoms with van der Waals surface area (Å²) in [6, 6.07) is 0. The predicted octanol–water partition coefficient (Wildman–Crippen LogP) is 2.65. The SMILES string of the molecule is CC(C)(N)CSCC1CCCC1. The van der Waals surface area contributed by atoms with Crippen LogP contribution in [-0.4, -0.2) is 17.0 Å². The van der Waals surface area contributed by atoms with E-state index in [9.17, 15) is 0 Å². The molecule has 1 saturated carbocycles. The van der Waals surface area contributed by atoms with Crippen molar-refractivity contribution in [3.8, 4) is 0 Å². The first-order valence-electron chi connectivity index (χ1n) is 4.94. The number of hydrogen-bond donors (Lipinski definition) is 1. The second-order valence-corrected chi connectivity index (χ2v) is 5.68. The largest absolute Gasteiger partial charge is 0.325 e. The van der Waals surface area contributed by atoms with Crippen molar-refractivity contribution in [2.24, 2.45) is 11.7 Å². The summed E-state index contributed by atoms with van der Waals surface area (Å²) < 4.78 is 0. The first-order valence-corrected chi connectivity index (χ1v) is 6.10. The number of thioether (sulfide) groups is 1. The van der Waals surface area contributed by atoms with Gasteiger partial charge in [-0.2, -0.15) is 11.8 Å². The van der Waals surface area contributed by atoms with Crippen molar-refractivity contribution < 1.29 is 0 Å². The highest BCUT2D eigenvalue weighted by atomic mass is 32.2. The van der Waals surface area contributed by atoms with Gasteiger partial charge in [-0.3, -0.25) is 0 Å². The van der Waals surface area contributed by atoms with E-state index in [0.717, 1.165) is 11.7 Å². The lowest BCUT2D eigenvalue weighted by Gasteiger charge is -2.18. The summed E-state index contributed by atoms with van der Waals surface area (Å²) in [6.07, 6.45) is 5.82. The lowest BCUT2D eigenvalue weighted by atomic mass is 10.1. The third kappa shape index (κ3) is 4.36. The van der Waals surface area contributed by atoms with E-state index in [-0.39, 0.29) is 5.54 Å². The molecule has 0 aromatic heterocycles. The molecule has 0 unspecified atom stereocenters. The smallest absolute Gasteiger partial charge is 0.0188 e. The van der Waals surface area contributed by atoms with E-state index in [1.54, 1.807) is 0 Å². The van der Waals surface area contributed by atoms with Crippen molar-refractivity contribution in [3.05, 3.63) is 0 Å². The maximum Gasteiger partial charge on any atom is 0.0188 e. The van der Waals surface area contributed by atoms with E-state index in [2.05, 4.69) is 13.8 Å². The highest BCUT2D eigenvalue weighted by Crippen LogP contribution is 2.28. The molecule has 1 aliphatic carbocycles. The monoisotopic (exact) mass is 187 g/mol. The Morgan fingerprint density at radius 1 is 1.33 bits per heavy atom. The Morgan fingerprint density at radius 3 is 2.42 bits per heavy atom. The summed E-state index contributed by atoms with van der Waals surface area (Å²) in [7, 11) is 0. The highest BCUT2D eigenvalue weighted by Gasteiger charge is 2.16. The van der Waals surface area contributed by atoms with Crippen molar-refractivity contribution >= 4 is 11.8 Å². The minimum atomic E-state index is 0.0171. The molecule has 0 saturated heterocycles. The van der Waals surface area contributed by atoms with E-state index in [0.29, 0.717) is 0 Å². The van der Waals surface area contributed by atoms with E-state index in [1.165, 1.54) is 31.4 Å². The molecule has 1 rings (SSSR count). The molecule has 0 aliphatic heterocycles. The molecule has 0 radical (unpaired) electrons. The molecule has 1 aliphatic rings. The van der Waals surface area contributed by atoms with E-state index < -0.39 is 0 Å². The van der Waals surface area contributed by atoms with Gasteiger partial charge in [-0.05, 0) is 38.4 Å². The molecule has 0 heterocycles. The second-order valence-electron chi connectivity index (χ2n) is 4.65.